The summed E-state index contributed by atoms with van der Waals surface area (Å²) in [4.78, 5) is 13.0. The van der Waals surface area contributed by atoms with Crippen molar-refractivity contribution < 1.29 is 0 Å². The van der Waals surface area contributed by atoms with Gasteiger partial charge in [-0.25, -0.2) is 15.0 Å². The van der Waals surface area contributed by atoms with Gasteiger partial charge in [0.25, 0.3) is 0 Å². The molecular weight excluding hydrogens is 270 g/mol. The van der Waals surface area contributed by atoms with E-state index in [1.165, 1.54) is 0 Å². The number of thiazole rings is 1. The molecule has 0 spiro atoms. The van der Waals surface area contributed by atoms with Crippen molar-refractivity contribution in [3.05, 3.63) is 28.5 Å². The van der Waals surface area contributed by atoms with Crippen molar-refractivity contribution in [3.63, 3.8) is 0 Å². The average Bonchev–Trinajstić information content (AvgIpc) is 2.98. The lowest BCUT2D eigenvalue weighted by Gasteiger charge is -2.13. The first kappa shape index (κ1) is 14.7. The number of nitrogens with zero attached hydrogens (tertiary/aromatic N) is 3. The molecule has 0 aromatic carbocycles. The number of hydrogen-bond donors (Lipinski definition) is 2. The summed E-state index contributed by atoms with van der Waals surface area (Å²) in [6.07, 6.45) is 4.52. The molecule has 0 aliphatic heterocycles. The van der Waals surface area contributed by atoms with Gasteiger partial charge in [0.05, 0.1) is 11.2 Å². The van der Waals surface area contributed by atoms with Gasteiger partial charge in [-0.15, -0.1) is 11.3 Å². The van der Waals surface area contributed by atoms with Crippen LogP contribution < -0.4 is 10.6 Å². The van der Waals surface area contributed by atoms with E-state index in [4.69, 9.17) is 0 Å². The fraction of sp³-hybridized carbons (Fsp3) is 0.500. The van der Waals surface area contributed by atoms with Gasteiger partial charge in [-0.05, 0) is 12.8 Å². The van der Waals surface area contributed by atoms with Crippen LogP contribution >= 0.6 is 11.3 Å². The topological polar surface area (TPSA) is 62.7 Å². The maximum Gasteiger partial charge on any atom is 0.134 e. The Morgan fingerprint density at radius 3 is 2.40 bits per heavy atom. The fourth-order valence-corrected chi connectivity index (χ4v) is 2.56. The first-order valence-electron chi connectivity index (χ1n) is 7.03. The van der Waals surface area contributed by atoms with Gasteiger partial charge in [0.1, 0.15) is 18.0 Å². The SMILES string of the molecule is CCCNc1ncnc(NCCc2cscn2)c1CC. The third-order valence-electron chi connectivity index (χ3n) is 3.00. The fourth-order valence-electron chi connectivity index (χ4n) is 1.97. The first-order chi connectivity index (χ1) is 9.85. The molecule has 6 heteroatoms. The number of rotatable bonds is 8. The second kappa shape index (κ2) is 7.79. The van der Waals surface area contributed by atoms with Crippen LogP contribution in [0.5, 0.6) is 0 Å². The normalized spacial score (nSPS) is 10.5. The highest BCUT2D eigenvalue weighted by atomic mass is 32.1. The van der Waals surface area contributed by atoms with Crippen molar-refractivity contribution >= 4 is 23.0 Å². The van der Waals surface area contributed by atoms with E-state index < -0.39 is 0 Å². The molecule has 0 amide bonds. The van der Waals surface area contributed by atoms with Crippen molar-refractivity contribution in [1.82, 2.24) is 15.0 Å². The molecular formula is C14H21N5S. The number of anilines is 2. The highest BCUT2D eigenvalue weighted by Gasteiger charge is 2.09. The molecule has 0 atom stereocenters. The molecule has 5 nitrogen and oxygen atoms in total. The van der Waals surface area contributed by atoms with Gasteiger partial charge < -0.3 is 10.6 Å². The predicted octanol–water partition coefficient (Wildman–Crippen LogP) is 2.97. The lowest BCUT2D eigenvalue weighted by Crippen LogP contribution is -2.12. The summed E-state index contributed by atoms with van der Waals surface area (Å²) < 4.78 is 0. The highest BCUT2D eigenvalue weighted by Crippen LogP contribution is 2.20. The minimum absolute atomic E-state index is 0.834. The van der Waals surface area contributed by atoms with Crippen molar-refractivity contribution in [2.75, 3.05) is 23.7 Å². The van der Waals surface area contributed by atoms with E-state index in [0.717, 1.165) is 55.2 Å². The summed E-state index contributed by atoms with van der Waals surface area (Å²) in [5.41, 5.74) is 4.14. The zero-order chi connectivity index (χ0) is 14.2. The van der Waals surface area contributed by atoms with Crippen molar-refractivity contribution in [1.29, 1.82) is 0 Å². The van der Waals surface area contributed by atoms with Gasteiger partial charge in [-0.3, -0.25) is 0 Å². The molecule has 2 aromatic rings. The molecule has 0 saturated heterocycles. The third kappa shape index (κ3) is 3.90. The Morgan fingerprint density at radius 2 is 1.80 bits per heavy atom. The zero-order valence-electron chi connectivity index (χ0n) is 12.0. The molecule has 2 N–H and O–H groups in total. The molecule has 0 unspecified atom stereocenters. The predicted molar refractivity (Wildman–Crippen MR) is 84.5 cm³/mol. The molecule has 2 rings (SSSR count). The Balaban J connectivity index is 1.99. The highest BCUT2D eigenvalue weighted by molar-refractivity contribution is 7.07. The number of hydrogen-bond acceptors (Lipinski definition) is 6. The second-order valence-electron chi connectivity index (χ2n) is 4.49. The molecule has 0 aliphatic carbocycles. The Morgan fingerprint density at radius 1 is 1.05 bits per heavy atom. The van der Waals surface area contributed by atoms with Crippen LogP contribution in [0.4, 0.5) is 11.6 Å². The standard InChI is InChI=1S/C14H21N5S/c1-3-6-15-13-12(4-2)14(18-9-17-13)16-7-5-11-8-20-10-19-11/h8-10H,3-7H2,1-2H3,(H2,15,16,17,18). The van der Waals surface area contributed by atoms with Crippen LogP contribution in [-0.4, -0.2) is 28.0 Å². The minimum Gasteiger partial charge on any atom is -0.370 e. The minimum atomic E-state index is 0.834. The van der Waals surface area contributed by atoms with Crippen LogP contribution in [-0.2, 0) is 12.8 Å². The second-order valence-corrected chi connectivity index (χ2v) is 5.21. The molecule has 2 aromatic heterocycles. The first-order valence-corrected chi connectivity index (χ1v) is 7.98. The molecule has 0 radical (unpaired) electrons. The van der Waals surface area contributed by atoms with E-state index >= 15 is 0 Å². The van der Waals surface area contributed by atoms with E-state index in [1.54, 1.807) is 17.7 Å². The van der Waals surface area contributed by atoms with E-state index in [2.05, 4.69) is 44.8 Å². The van der Waals surface area contributed by atoms with Crippen LogP contribution in [0, 0.1) is 0 Å². The van der Waals surface area contributed by atoms with Crippen LogP contribution in [0.2, 0.25) is 0 Å². The Labute approximate surface area is 123 Å². The smallest absolute Gasteiger partial charge is 0.134 e. The summed E-state index contributed by atoms with van der Waals surface area (Å²) in [7, 11) is 0. The van der Waals surface area contributed by atoms with Gasteiger partial charge in [0.2, 0.25) is 0 Å². The lowest BCUT2D eigenvalue weighted by molar-refractivity contribution is 0.931. The van der Waals surface area contributed by atoms with E-state index in [-0.39, 0.29) is 0 Å². The van der Waals surface area contributed by atoms with E-state index in [9.17, 15) is 0 Å². The Hall–Kier alpha value is -1.69. The summed E-state index contributed by atoms with van der Waals surface area (Å²) >= 11 is 1.63. The van der Waals surface area contributed by atoms with E-state index in [0.29, 0.717) is 0 Å². The largest absolute Gasteiger partial charge is 0.370 e. The van der Waals surface area contributed by atoms with Crippen molar-refractivity contribution in [3.8, 4) is 0 Å². The zero-order valence-corrected chi connectivity index (χ0v) is 12.8. The third-order valence-corrected chi connectivity index (χ3v) is 3.63. The van der Waals surface area contributed by atoms with Crippen LogP contribution in [0.25, 0.3) is 0 Å². The Kier molecular flexibility index (Phi) is 5.73. The van der Waals surface area contributed by atoms with E-state index in [1.807, 2.05) is 5.51 Å². The summed E-state index contributed by atoms with van der Waals surface area (Å²) in [5.74, 6) is 1.87. The van der Waals surface area contributed by atoms with Crippen LogP contribution in [0.15, 0.2) is 17.2 Å². The summed E-state index contributed by atoms with van der Waals surface area (Å²) in [6.45, 7) is 6.04. The number of nitrogens with one attached hydrogen (secondary N) is 2. The Bertz CT molecular complexity index is 512. The van der Waals surface area contributed by atoms with Gasteiger partial charge in [-0.1, -0.05) is 13.8 Å². The van der Waals surface area contributed by atoms with Gasteiger partial charge >= 0.3 is 0 Å². The monoisotopic (exact) mass is 291 g/mol. The lowest BCUT2D eigenvalue weighted by atomic mass is 10.2. The maximum atomic E-state index is 4.36. The van der Waals surface area contributed by atoms with Gasteiger partial charge in [0.15, 0.2) is 0 Å². The summed E-state index contributed by atoms with van der Waals surface area (Å²) in [5, 5.41) is 8.83. The van der Waals surface area contributed by atoms with Crippen LogP contribution in [0.1, 0.15) is 31.5 Å². The van der Waals surface area contributed by atoms with Gasteiger partial charge in [-0.2, -0.15) is 0 Å². The molecule has 20 heavy (non-hydrogen) atoms. The van der Waals surface area contributed by atoms with Gasteiger partial charge in [0, 0.05) is 30.5 Å². The molecule has 0 bridgehead atoms. The number of aromatic nitrogens is 3. The maximum absolute atomic E-state index is 4.36. The molecule has 0 aliphatic rings. The quantitative estimate of drug-likeness (QED) is 0.783. The molecule has 108 valence electrons. The van der Waals surface area contributed by atoms with Crippen molar-refractivity contribution in [2.45, 2.75) is 33.1 Å². The summed E-state index contributed by atoms with van der Waals surface area (Å²) in [6, 6.07) is 0. The molecule has 0 fully saturated rings. The van der Waals surface area contributed by atoms with Crippen LogP contribution in [0.3, 0.4) is 0 Å². The van der Waals surface area contributed by atoms with Crippen molar-refractivity contribution in [2.24, 2.45) is 0 Å². The molecule has 2 heterocycles. The average molecular weight is 291 g/mol. The molecule has 0 saturated carbocycles.